The van der Waals surface area contributed by atoms with Crippen LogP contribution in [-0.4, -0.2) is 22.4 Å². The summed E-state index contributed by atoms with van der Waals surface area (Å²) >= 11 is 2.25. The summed E-state index contributed by atoms with van der Waals surface area (Å²) in [6.07, 6.45) is 11.3. The van der Waals surface area contributed by atoms with Gasteiger partial charge in [0.2, 0.25) is 0 Å². The third-order valence-electron chi connectivity index (χ3n) is 9.06. The van der Waals surface area contributed by atoms with Crippen molar-refractivity contribution in [1.82, 2.24) is 9.88 Å². The van der Waals surface area contributed by atoms with Crippen LogP contribution >= 0.6 is 22.6 Å². The third kappa shape index (κ3) is 3.94. The lowest BCUT2D eigenvalue weighted by molar-refractivity contribution is -0.122. The van der Waals surface area contributed by atoms with E-state index < -0.39 is 17.8 Å². The van der Waals surface area contributed by atoms with E-state index >= 15 is 0 Å². The Morgan fingerprint density at radius 3 is 2.05 bits per heavy atom. The number of anilines is 1. The van der Waals surface area contributed by atoms with Gasteiger partial charge in [0.15, 0.2) is 0 Å². The van der Waals surface area contributed by atoms with Crippen LogP contribution in [0.25, 0.3) is 11.8 Å². The zero-order valence-electron chi connectivity index (χ0n) is 20.9. The van der Waals surface area contributed by atoms with Gasteiger partial charge in [-0.2, -0.15) is 0 Å². The van der Waals surface area contributed by atoms with E-state index in [0.717, 1.165) is 31.9 Å². The van der Waals surface area contributed by atoms with Crippen molar-refractivity contribution in [2.45, 2.75) is 43.9 Å². The molecule has 4 amide bonds. The van der Waals surface area contributed by atoms with E-state index in [-0.39, 0.29) is 11.0 Å². The molecule has 0 spiro atoms. The minimum absolute atomic E-state index is 0.0692. The molecule has 2 heterocycles. The van der Waals surface area contributed by atoms with Gasteiger partial charge in [-0.25, -0.2) is 9.69 Å². The molecular weight excluding hydrogens is 589 g/mol. The van der Waals surface area contributed by atoms with Crippen LogP contribution in [0.4, 0.5) is 10.5 Å². The number of carbonyl (C=O) groups excluding carboxylic acids is 3. The van der Waals surface area contributed by atoms with Crippen LogP contribution in [0.1, 0.15) is 49.8 Å². The number of aromatic nitrogens is 1. The third-order valence-corrected chi connectivity index (χ3v) is 9.77. The molecule has 6 nitrogen and oxygen atoms in total. The van der Waals surface area contributed by atoms with Gasteiger partial charge in [0.05, 0.1) is 5.69 Å². The van der Waals surface area contributed by atoms with E-state index in [2.05, 4.69) is 40.0 Å². The smallest absolute Gasteiger partial charge is 0.317 e. The number of barbiturate groups is 1. The van der Waals surface area contributed by atoms with E-state index in [9.17, 15) is 14.4 Å². The second kappa shape index (κ2) is 8.93. The maximum absolute atomic E-state index is 13.5. The number of nitrogens with one attached hydrogen (secondary N) is 1. The van der Waals surface area contributed by atoms with Crippen LogP contribution in [0.3, 0.4) is 0 Å². The highest BCUT2D eigenvalue weighted by Gasteiger charge is 2.51. The lowest BCUT2D eigenvalue weighted by Crippen LogP contribution is -2.54. The lowest BCUT2D eigenvalue weighted by atomic mass is 9.48. The molecule has 192 valence electrons. The van der Waals surface area contributed by atoms with Crippen LogP contribution in [0.2, 0.25) is 0 Å². The SMILES string of the molecule is O=C1NC(=O)N(c2ccc(C34CC5CC(CC(C5)C3)C4)cc2)C(=O)/C1=C/c1cccn1-c1ccc(I)cc1. The van der Waals surface area contributed by atoms with Crippen LogP contribution in [-0.2, 0) is 15.0 Å². The number of halogens is 1. The quantitative estimate of drug-likeness (QED) is 0.215. The molecule has 0 atom stereocenters. The summed E-state index contributed by atoms with van der Waals surface area (Å²) in [7, 11) is 0. The van der Waals surface area contributed by atoms with Gasteiger partial charge in [-0.15, -0.1) is 0 Å². The second-order valence-corrected chi connectivity index (χ2v) is 12.7. The molecule has 7 heteroatoms. The van der Waals surface area contributed by atoms with Crippen LogP contribution < -0.4 is 10.2 Å². The van der Waals surface area contributed by atoms with E-state index in [1.807, 2.05) is 59.3 Å². The number of hydrogen-bond donors (Lipinski definition) is 1. The largest absolute Gasteiger partial charge is 0.335 e. The summed E-state index contributed by atoms with van der Waals surface area (Å²) in [5.41, 5.74) is 3.57. The molecule has 38 heavy (non-hydrogen) atoms. The highest BCUT2D eigenvalue weighted by atomic mass is 127. The van der Waals surface area contributed by atoms with Gasteiger partial charge in [0, 0.05) is 21.1 Å². The standard InChI is InChI=1S/C31H28IN3O3/c32-23-5-9-24(10-6-23)34-11-1-2-26(34)15-27-28(36)33-30(38)35(29(27)37)25-7-3-22(4-8-25)31-16-19-12-20(17-31)14-21(13-19)18-31/h1-11,15,19-21H,12-14,16-18H2,(H,33,36,38)/b27-15+. The van der Waals surface area contributed by atoms with Crippen molar-refractivity contribution in [3.05, 3.63) is 87.3 Å². The van der Waals surface area contributed by atoms with E-state index in [4.69, 9.17) is 0 Å². The molecule has 1 aromatic heterocycles. The molecule has 4 aliphatic carbocycles. The van der Waals surface area contributed by atoms with E-state index in [1.54, 1.807) is 6.08 Å². The molecule has 0 radical (unpaired) electrons. The van der Waals surface area contributed by atoms with Gasteiger partial charge in [-0.05, 0) is 144 Å². The Hall–Kier alpha value is -3.20. The molecule has 0 unspecified atom stereocenters. The molecule has 5 aliphatic rings. The number of urea groups is 1. The van der Waals surface area contributed by atoms with Crippen molar-refractivity contribution in [3.8, 4) is 5.69 Å². The van der Waals surface area contributed by atoms with Crippen molar-refractivity contribution in [2.24, 2.45) is 17.8 Å². The van der Waals surface area contributed by atoms with Gasteiger partial charge in [0.1, 0.15) is 5.57 Å². The number of carbonyl (C=O) groups is 3. The van der Waals surface area contributed by atoms with Gasteiger partial charge in [0.25, 0.3) is 11.8 Å². The zero-order valence-corrected chi connectivity index (χ0v) is 23.1. The second-order valence-electron chi connectivity index (χ2n) is 11.5. The number of amides is 4. The molecule has 4 bridgehead atoms. The zero-order chi connectivity index (χ0) is 26.0. The first kappa shape index (κ1) is 23.9. The monoisotopic (exact) mass is 617 g/mol. The highest BCUT2D eigenvalue weighted by Crippen LogP contribution is 2.60. The minimum Gasteiger partial charge on any atom is -0.317 e. The molecule has 2 aromatic carbocycles. The fraction of sp³-hybridized carbons (Fsp3) is 0.323. The maximum Gasteiger partial charge on any atom is 0.335 e. The number of rotatable bonds is 4. The Labute approximate surface area is 235 Å². The Morgan fingerprint density at radius 2 is 1.42 bits per heavy atom. The Bertz CT molecular complexity index is 1450. The van der Waals surface area contributed by atoms with Crippen molar-refractivity contribution >= 4 is 52.2 Å². The molecule has 8 rings (SSSR count). The van der Waals surface area contributed by atoms with Gasteiger partial charge in [-0.1, -0.05) is 12.1 Å². The summed E-state index contributed by atoms with van der Waals surface area (Å²) in [5, 5.41) is 2.36. The molecule has 1 aliphatic heterocycles. The number of hydrogen-bond acceptors (Lipinski definition) is 3. The highest BCUT2D eigenvalue weighted by molar-refractivity contribution is 14.1. The lowest BCUT2D eigenvalue weighted by Gasteiger charge is -2.57. The molecule has 1 saturated heterocycles. The molecular formula is C31H28IN3O3. The average molecular weight is 617 g/mol. The fourth-order valence-electron chi connectivity index (χ4n) is 7.82. The van der Waals surface area contributed by atoms with Crippen molar-refractivity contribution in [1.29, 1.82) is 0 Å². The van der Waals surface area contributed by atoms with Crippen LogP contribution in [0, 0.1) is 21.3 Å². The fourth-order valence-corrected chi connectivity index (χ4v) is 8.18. The van der Waals surface area contributed by atoms with Gasteiger partial charge >= 0.3 is 6.03 Å². The molecule has 4 saturated carbocycles. The molecule has 3 aromatic rings. The van der Waals surface area contributed by atoms with Gasteiger partial charge < -0.3 is 4.57 Å². The predicted octanol–water partition coefficient (Wildman–Crippen LogP) is 6.22. The average Bonchev–Trinajstić information content (AvgIpc) is 3.35. The van der Waals surface area contributed by atoms with E-state index in [0.29, 0.717) is 11.4 Å². The topological polar surface area (TPSA) is 71.4 Å². The molecule has 5 fully saturated rings. The first-order valence-corrected chi connectivity index (χ1v) is 14.4. The maximum atomic E-state index is 13.5. The van der Waals surface area contributed by atoms with Gasteiger partial charge in [-0.3, -0.25) is 14.9 Å². The summed E-state index contributed by atoms with van der Waals surface area (Å²) in [4.78, 5) is 40.2. The molecule has 1 N–H and O–H groups in total. The van der Waals surface area contributed by atoms with Crippen LogP contribution in [0.5, 0.6) is 0 Å². The first-order valence-electron chi connectivity index (χ1n) is 13.3. The number of benzene rings is 2. The summed E-state index contributed by atoms with van der Waals surface area (Å²) in [5.74, 6) is 1.22. The number of nitrogens with zero attached hydrogens (tertiary/aromatic N) is 2. The van der Waals surface area contributed by atoms with Crippen LogP contribution in [0.15, 0.2) is 72.4 Å². The minimum atomic E-state index is -0.715. The summed E-state index contributed by atoms with van der Waals surface area (Å²) in [6, 6.07) is 18.9. The summed E-state index contributed by atoms with van der Waals surface area (Å²) in [6.45, 7) is 0. The van der Waals surface area contributed by atoms with Crippen molar-refractivity contribution in [2.75, 3.05) is 4.90 Å². The van der Waals surface area contributed by atoms with Crippen molar-refractivity contribution in [3.63, 3.8) is 0 Å². The number of imide groups is 2. The normalized spacial score (nSPS) is 29.3. The predicted molar refractivity (Wildman–Crippen MR) is 154 cm³/mol. The van der Waals surface area contributed by atoms with Crippen molar-refractivity contribution < 1.29 is 14.4 Å². The Kier molecular flexibility index (Phi) is 5.61. The Balaban J connectivity index is 1.18. The first-order chi connectivity index (χ1) is 18.4. The van der Waals surface area contributed by atoms with E-state index in [1.165, 1.54) is 44.1 Å². The Morgan fingerprint density at radius 1 is 0.816 bits per heavy atom. The summed E-state index contributed by atoms with van der Waals surface area (Å²) < 4.78 is 3.02.